The van der Waals surface area contributed by atoms with E-state index in [9.17, 15) is 0 Å². The number of para-hydroxylation sites is 2. The van der Waals surface area contributed by atoms with E-state index in [1.54, 1.807) is 0 Å². The highest BCUT2D eigenvalue weighted by molar-refractivity contribution is 6.34. The van der Waals surface area contributed by atoms with Gasteiger partial charge in [-0.05, 0) is 70.1 Å². The molecular formula is C32H23ClN2. The maximum Gasteiger partial charge on any atom is 0.0818 e. The van der Waals surface area contributed by atoms with Crippen LogP contribution in [0.5, 0.6) is 0 Å². The Morgan fingerprint density at radius 2 is 1.03 bits per heavy atom. The number of halogens is 1. The predicted molar refractivity (Wildman–Crippen MR) is 151 cm³/mol. The van der Waals surface area contributed by atoms with Crippen molar-refractivity contribution < 1.29 is 0 Å². The summed E-state index contributed by atoms with van der Waals surface area (Å²) in [6.07, 6.45) is 0. The summed E-state index contributed by atoms with van der Waals surface area (Å²) in [4.78, 5) is 2.27. The third-order valence-electron chi connectivity index (χ3n) is 6.26. The zero-order chi connectivity index (χ0) is 23.6. The van der Waals surface area contributed by atoms with E-state index in [-0.39, 0.29) is 0 Å². The number of anilines is 5. The average molecular weight is 471 g/mol. The molecule has 0 aromatic heterocycles. The Balaban J connectivity index is 1.58. The fourth-order valence-electron chi connectivity index (χ4n) is 4.55. The van der Waals surface area contributed by atoms with E-state index in [0.29, 0.717) is 5.02 Å². The number of nitrogens with one attached hydrogen (secondary N) is 1. The van der Waals surface area contributed by atoms with Crippen molar-refractivity contribution in [3.63, 3.8) is 0 Å². The quantitative estimate of drug-likeness (QED) is 0.269. The minimum absolute atomic E-state index is 0.665. The lowest BCUT2D eigenvalue weighted by Gasteiger charge is -2.29. The number of rotatable bonds is 5. The van der Waals surface area contributed by atoms with Crippen molar-refractivity contribution in [2.45, 2.75) is 0 Å². The van der Waals surface area contributed by atoms with Crippen LogP contribution in [0.2, 0.25) is 5.02 Å². The Bertz CT molecular complexity index is 1560. The average Bonchev–Trinajstić information content (AvgIpc) is 2.91. The van der Waals surface area contributed by atoms with Crippen LogP contribution in [-0.2, 0) is 0 Å². The molecule has 0 radical (unpaired) electrons. The summed E-state index contributed by atoms with van der Waals surface area (Å²) in [5.74, 6) is 0. The molecule has 0 aliphatic rings. The van der Waals surface area contributed by atoms with E-state index in [2.05, 4.69) is 101 Å². The monoisotopic (exact) mass is 470 g/mol. The molecule has 168 valence electrons. The smallest absolute Gasteiger partial charge is 0.0818 e. The zero-order valence-corrected chi connectivity index (χ0v) is 19.8. The van der Waals surface area contributed by atoms with E-state index in [0.717, 1.165) is 28.4 Å². The maximum atomic E-state index is 6.80. The van der Waals surface area contributed by atoms with E-state index < -0.39 is 0 Å². The molecule has 0 spiro atoms. The number of benzene rings is 6. The molecule has 0 atom stereocenters. The number of nitrogens with zero attached hydrogens (tertiary/aromatic N) is 1. The minimum atomic E-state index is 0.665. The van der Waals surface area contributed by atoms with Crippen LogP contribution in [0.4, 0.5) is 28.4 Å². The van der Waals surface area contributed by atoms with E-state index in [1.165, 1.54) is 21.5 Å². The normalized spacial score (nSPS) is 11.0. The van der Waals surface area contributed by atoms with Crippen LogP contribution < -0.4 is 10.2 Å². The molecule has 0 unspecified atom stereocenters. The van der Waals surface area contributed by atoms with Crippen molar-refractivity contribution in [3.8, 4) is 0 Å². The fraction of sp³-hybridized carbons (Fsp3) is 0. The molecule has 6 aromatic carbocycles. The second kappa shape index (κ2) is 9.17. The number of hydrogen-bond donors (Lipinski definition) is 1. The summed E-state index contributed by atoms with van der Waals surface area (Å²) in [5.41, 5.74) is 4.96. The molecule has 0 saturated heterocycles. The summed E-state index contributed by atoms with van der Waals surface area (Å²) in [7, 11) is 0. The van der Waals surface area contributed by atoms with Gasteiger partial charge in [-0.2, -0.15) is 0 Å². The van der Waals surface area contributed by atoms with Crippen LogP contribution >= 0.6 is 11.6 Å². The molecular weight excluding hydrogens is 448 g/mol. The first-order valence-electron chi connectivity index (χ1n) is 11.6. The lowest BCUT2D eigenvalue weighted by molar-refractivity contribution is 1.29. The van der Waals surface area contributed by atoms with Crippen LogP contribution in [0, 0.1) is 0 Å². The summed E-state index contributed by atoms with van der Waals surface area (Å²) in [6, 6.07) is 46.2. The van der Waals surface area contributed by atoms with E-state index >= 15 is 0 Å². The Hall–Kier alpha value is -4.27. The van der Waals surface area contributed by atoms with Crippen LogP contribution in [0.1, 0.15) is 0 Å². The molecule has 2 nitrogen and oxygen atoms in total. The molecule has 0 heterocycles. The van der Waals surface area contributed by atoms with Gasteiger partial charge in [0.15, 0.2) is 0 Å². The van der Waals surface area contributed by atoms with Crippen molar-refractivity contribution in [2.24, 2.45) is 0 Å². The van der Waals surface area contributed by atoms with Gasteiger partial charge in [0.2, 0.25) is 0 Å². The number of hydrogen-bond acceptors (Lipinski definition) is 2. The zero-order valence-electron chi connectivity index (χ0n) is 19.0. The van der Waals surface area contributed by atoms with Gasteiger partial charge in [-0.25, -0.2) is 0 Å². The first kappa shape index (κ1) is 21.3. The highest BCUT2D eigenvalue weighted by Crippen LogP contribution is 2.44. The second-order valence-electron chi connectivity index (χ2n) is 8.52. The van der Waals surface area contributed by atoms with Gasteiger partial charge in [0, 0.05) is 17.1 Å². The summed E-state index contributed by atoms with van der Waals surface area (Å²) < 4.78 is 0. The fourth-order valence-corrected chi connectivity index (χ4v) is 4.76. The van der Waals surface area contributed by atoms with Crippen molar-refractivity contribution >= 4 is 61.6 Å². The van der Waals surface area contributed by atoms with Crippen molar-refractivity contribution in [1.29, 1.82) is 0 Å². The third-order valence-corrected chi connectivity index (χ3v) is 6.57. The molecule has 35 heavy (non-hydrogen) atoms. The molecule has 3 heteroatoms. The van der Waals surface area contributed by atoms with Gasteiger partial charge in [-0.1, -0.05) is 96.5 Å². The van der Waals surface area contributed by atoms with Crippen molar-refractivity contribution in [2.75, 3.05) is 10.2 Å². The second-order valence-corrected chi connectivity index (χ2v) is 8.93. The molecule has 1 N–H and O–H groups in total. The Morgan fingerprint density at radius 3 is 1.63 bits per heavy atom. The summed E-state index contributed by atoms with van der Waals surface area (Å²) in [6.45, 7) is 0. The third kappa shape index (κ3) is 4.21. The van der Waals surface area contributed by atoms with Gasteiger partial charge in [-0.3, -0.25) is 0 Å². The lowest BCUT2D eigenvalue weighted by atomic mass is 10.1. The van der Waals surface area contributed by atoms with E-state index in [4.69, 9.17) is 11.6 Å². The van der Waals surface area contributed by atoms with Crippen LogP contribution in [0.15, 0.2) is 133 Å². The molecule has 0 fully saturated rings. The van der Waals surface area contributed by atoms with Crippen LogP contribution in [0.3, 0.4) is 0 Å². The summed E-state index contributed by atoms with van der Waals surface area (Å²) >= 11 is 6.80. The summed E-state index contributed by atoms with van der Waals surface area (Å²) in [5, 5.41) is 9.03. The molecule has 6 rings (SSSR count). The predicted octanol–water partition coefficient (Wildman–Crippen LogP) is 9.86. The van der Waals surface area contributed by atoms with Gasteiger partial charge >= 0.3 is 0 Å². The van der Waals surface area contributed by atoms with Crippen molar-refractivity contribution in [3.05, 3.63) is 138 Å². The van der Waals surface area contributed by atoms with Gasteiger partial charge in [0.25, 0.3) is 0 Å². The molecule has 0 amide bonds. The molecule has 0 aliphatic heterocycles. The Labute approximate surface area is 210 Å². The highest BCUT2D eigenvalue weighted by Gasteiger charge is 2.19. The van der Waals surface area contributed by atoms with Gasteiger partial charge in [0.05, 0.1) is 16.4 Å². The minimum Gasteiger partial charge on any atom is -0.353 e. The van der Waals surface area contributed by atoms with E-state index in [1.807, 2.05) is 42.5 Å². The van der Waals surface area contributed by atoms with Crippen LogP contribution in [-0.4, -0.2) is 0 Å². The molecule has 0 aliphatic carbocycles. The van der Waals surface area contributed by atoms with Crippen molar-refractivity contribution in [1.82, 2.24) is 0 Å². The standard InChI is InChI=1S/C32H23ClN2/c33-30-15-8-16-31(32(30)34-27-13-2-1-3-14-27)35(28-19-17-23-9-4-6-11-25(23)21-28)29-20-18-24-10-5-7-12-26(24)22-29/h1-22,34H. The largest absolute Gasteiger partial charge is 0.353 e. The Kier molecular flexibility index (Phi) is 5.57. The van der Waals surface area contributed by atoms with Gasteiger partial charge in [-0.15, -0.1) is 0 Å². The molecule has 0 bridgehead atoms. The SMILES string of the molecule is Clc1cccc(N(c2ccc3ccccc3c2)c2ccc3ccccc3c2)c1Nc1ccccc1. The lowest BCUT2D eigenvalue weighted by Crippen LogP contribution is -2.12. The first-order valence-corrected chi connectivity index (χ1v) is 12.0. The molecule has 6 aromatic rings. The van der Waals surface area contributed by atoms with Gasteiger partial charge in [0.1, 0.15) is 0 Å². The maximum absolute atomic E-state index is 6.80. The first-order chi connectivity index (χ1) is 17.3. The topological polar surface area (TPSA) is 15.3 Å². The molecule has 0 saturated carbocycles. The van der Waals surface area contributed by atoms with Crippen LogP contribution in [0.25, 0.3) is 21.5 Å². The number of fused-ring (bicyclic) bond motifs is 2. The highest BCUT2D eigenvalue weighted by atomic mass is 35.5. The van der Waals surface area contributed by atoms with Gasteiger partial charge < -0.3 is 10.2 Å². The Morgan fingerprint density at radius 1 is 0.486 bits per heavy atom.